The minimum absolute atomic E-state index is 0.178. The van der Waals surface area contributed by atoms with E-state index in [0.717, 1.165) is 17.4 Å². The Bertz CT molecular complexity index is 1110. The van der Waals surface area contributed by atoms with Crippen molar-refractivity contribution in [3.8, 4) is 11.7 Å². The molecule has 0 radical (unpaired) electrons. The van der Waals surface area contributed by atoms with E-state index in [0.29, 0.717) is 28.8 Å². The molecule has 0 aliphatic heterocycles. The number of aryl methyl sites for hydroxylation is 1. The van der Waals surface area contributed by atoms with E-state index >= 15 is 0 Å². The fraction of sp³-hybridized carbons (Fsp3) is 0.250. The van der Waals surface area contributed by atoms with Crippen molar-refractivity contribution in [2.24, 2.45) is 0 Å². The molecule has 8 heteroatoms. The summed E-state index contributed by atoms with van der Waals surface area (Å²) in [5.41, 5.74) is 1.38. The predicted molar refractivity (Wildman–Crippen MR) is 103 cm³/mol. The van der Waals surface area contributed by atoms with Gasteiger partial charge in [0.2, 0.25) is 5.89 Å². The maximum Gasteiger partial charge on any atom is 0.290 e. The molecule has 4 rings (SSSR count). The second-order valence-corrected chi connectivity index (χ2v) is 6.84. The normalized spacial score (nSPS) is 11.2. The molecule has 0 fully saturated rings. The number of benzene rings is 1. The Hall–Kier alpha value is -3.06. The molecule has 3 heterocycles. The third-order valence-electron chi connectivity index (χ3n) is 4.40. The molecule has 3 aromatic heterocycles. The van der Waals surface area contributed by atoms with Crippen LogP contribution in [0.3, 0.4) is 0 Å². The highest BCUT2D eigenvalue weighted by Crippen LogP contribution is 2.29. The molecule has 7 nitrogen and oxygen atoms in total. The van der Waals surface area contributed by atoms with Gasteiger partial charge in [-0.25, -0.2) is 0 Å². The van der Waals surface area contributed by atoms with E-state index in [1.807, 2.05) is 13.8 Å². The molecule has 0 atom stereocenters. The Morgan fingerprint density at radius 3 is 2.82 bits per heavy atom. The molecule has 0 bridgehead atoms. The van der Waals surface area contributed by atoms with Gasteiger partial charge in [-0.3, -0.25) is 4.79 Å². The van der Waals surface area contributed by atoms with Crippen LogP contribution in [0.4, 0.5) is 0 Å². The topological polar surface area (TPSA) is 85.5 Å². The molecule has 0 aliphatic carbocycles. The van der Waals surface area contributed by atoms with E-state index in [4.69, 9.17) is 24.9 Å². The number of aromatic nitrogens is 2. The van der Waals surface area contributed by atoms with E-state index in [2.05, 4.69) is 10.2 Å². The number of fused-ring (bicyclic) bond motifs is 1. The van der Waals surface area contributed by atoms with Crippen LogP contribution in [-0.4, -0.2) is 27.5 Å². The maximum atomic E-state index is 13.1. The number of furan rings is 2. The number of hydrogen-bond donors (Lipinski definition) is 0. The van der Waals surface area contributed by atoms with Crippen molar-refractivity contribution in [1.29, 1.82) is 0 Å². The Labute approximate surface area is 165 Å². The van der Waals surface area contributed by atoms with Gasteiger partial charge in [0.15, 0.2) is 11.5 Å². The number of carbonyl (C=O) groups is 1. The van der Waals surface area contributed by atoms with Gasteiger partial charge in [-0.2, -0.15) is 0 Å². The maximum absolute atomic E-state index is 13.1. The number of rotatable bonds is 6. The van der Waals surface area contributed by atoms with Gasteiger partial charge in [0.25, 0.3) is 11.8 Å². The molecule has 0 saturated carbocycles. The zero-order valence-electron chi connectivity index (χ0n) is 15.4. The largest absolute Gasteiger partial charge is 0.459 e. The number of carbonyl (C=O) groups excluding carboxylic acids is 1. The molecule has 0 unspecified atom stereocenters. The van der Waals surface area contributed by atoms with Crippen molar-refractivity contribution >= 4 is 28.5 Å². The van der Waals surface area contributed by atoms with Crippen LogP contribution in [0.1, 0.15) is 35.4 Å². The van der Waals surface area contributed by atoms with Gasteiger partial charge in [0.1, 0.15) is 5.58 Å². The predicted octanol–water partition coefficient (Wildman–Crippen LogP) is 5.09. The Kier molecular flexibility index (Phi) is 4.92. The summed E-state index contributed by atoms with van der Waals surface area (Å²) in [5.74, 6) is 1.14. The Balaban J connectivity index is 1.61. The van der Waals surface area contributed by atoms with Crippen molar-refractivity contribution in [2.75, 3.05) is 6.54 Å². The minimum Gasteiger partial charge on any atom is -0.459 e. The molecule has 1 aromatic carbocycles. The summed E-state index contributed by atoms with van der Waals surface area (Å²) in [6.45, 7) is 4.54. The second-order valence-electron chi connectivity index (χ2n) is 6.40. The lowest BCUT2D eigenvalue weighted by atomic mass is 10.1. The summed E-state index contributed by atoms with van der Waals surface area (Å²) in [6.07, 6.45) is 2.30. The smallest absolute Gasteiger partial charge is 0.290 e. The SMILES string of the molecule is CCCN(Cc1nnc(-c2ccco2)o1)C(=O)c1oc2ccc(Cl)cc2c1C. The van der Waals surface area contributed by atoms with Crippen molar-refractivity contribution in [1.82, 2.24) is 15.1 Å². The molecule has 144 valence electrons. The standard InChI is InChI=1S/C20H18ClN3O4/c1-3-8-24(11-17-22-23-19(28-17)16-5-4-9-26-16)20(25)18-12(2)14-10-13(21)6-7-15(14)27-18/h4-7,9-10H,3,8,11H2,1-2H3. The highest BCUT2D eigenvalue weighted by molar-refractivity contribution is 6.31. The number of nitrogens with zero attached hydrogens (tertiary/aromatic N) is 3. The number of hydrogen-bond acceptors (Lipinski definition) is 6. The Morgan fingerprint density at radius 2 is 2.07 bits per heavy atom. The zero-order valence-corrected chi connectivity index (χ0v) is 16.2. The van der Waals surface area contributed by atoms with Crippen LogP contribution in [0.15, 0.2) is 49.8 Å². The van der Waals surface area contributed by atoms with Crippen LogP contribution >= 0.6 is 11.6 Å². The summed E-state index contributed by atoms with van der Waals surface area (Å²) < 4.78 is 16.7. The van der Waals surface area contributed by atoms with E-state index in [1.165, 1.54) is 6.26 Å². The first-order valence-corrected chi connectivity index (χ1v) is 9.28. The first-order valence-electron chi connectivity index (χ1n) is 8.91. The van der Waals surface area contributed by atoms with Gasteiger partial charge in [-0.15, -0.1) is 10.2 Å². The van der Waals surface area contributed by atoms with E-state index in [-0.39, 0.29) is 24.1 Å². The highest BCUT2D eigenvalue weighted by atomic mass is 35.5. The van der Waals surface area contributed by atoms with E-state index in [1.54, 1.807) is 35.2 Å². The molecule has 0 N–H and O–H groups in total. The third kappa shape index (κ3) is 3.41. The van der Waals surface area contributed by atoms with Gasteiger partial charge < -0.3 is 18.2 Å². The third-order valence-corrected chi connectivity index (χ3v) is 4.63. The van der Waals surface area contributed by atoms with E-state index in [9.17, 15) is 4.79 Å². The molecule has 1 amide bonds. The molecule has 28 heavy (non-hydrogen) atoms. The van der Waals surface area contributed by atoms with Gasteiger partial charge in [-0.1, -0.05) is 18.5 Å². The van der Waals surface area contributed by atoms with Gasteiger partial charge in [0, 0.05) is 22.5 Å². The van der Waals surface area contributed by atoms with Crippen LogP contribution in [0.25, 0.3) is 22.6 Å². The quantitative estimate of drug-likeness (QED) is 0.449. The molecule has 0 spiro atoms. The van der Waals surface area contributed by atoms with Crippen molar-refractivity contribution in [3.05, 3.63) is 58.8 Å². The van der Waals surface area contributed by atoms with Crippen LogP contribution in [0, 0.1) is 6.92 Å². The highest BCUT2D eigenvalue weighted by Gasteiger charge is 2.25. The average molecular weight is 400 g/mol. The minimum atomic E-state index is -0.232. The summed E-state index contributed by atoms with van der Waals surface area (Å²) >= 11 is 6.07. The summed E-state index contributed by atoms with van der Waals surface area (Å²) in [7, 11) is 0. The summed E-state index contributed by atoms with van der Waals surface area (Å²) in [6, 6.07) is 8.76. The lowest BCUT2D eigenvalue weighted by Crippen LogP contribution is -2.31. The average Bonchev–Trinajstić information content (AvgIpc) is 3.42. The zero-order chi connectivity index (χ0) is 19.7. The van der Waals surface area contributed by atoms with Crippen LogP contribution < -0.4 is 0 Å². The van der Waals surface area contributed by atoms with Crippen molar-refractivity contribution in [3.63, 3.8) is 0 Å². The van der Waals surface area contributed by atoms with Crippen LogP contribution in [0.2, 0.25) is 5.02 Å². The van der Waals surface area contributed by atoms with Crippen LogP contribution in [0.5, 0.6) is 0 Å². The fourth-order valence-electron chi connectivity index (χ4n) is 3.04. The van der Waals surface area contributed by atoms with E-state index < -0.39 is 0 Å². The number of halogens is 1. The van der Waals surface area contributed by atoms with Gasteiger partial charge in [-0.05, 0) is 43.7 Å². The first kappa shape index (κ1) is 18.3. The number of amides is 1. The fourth-order valence-corrected chi connectivity index (χ4v) is 3.22. The van der Waals surface area contributed by atoms with Gasteiger partial charge >= 0.3 is 0 Å². The second kappa shape index (κ2) is 7.52. The molecular weight excluding hydrogens is 382 g/mol. The lowest BCUT2D eigenvalue weighted by Gasteiger charge is -2.19. The first-order chi connectivity index (χ1) is 13.6. The molecular formula is C20H18ClN3O4. The Morgan fingerprint density at radius 1 is 1.21 bits per heavy atom. The van der Waals surface area contributed by atoms with Crippen LogP contribution in [-0.2, 0) is 6.54 Å². The molecule has 0 aliphatic rings. The molecule has 0 saturated heterocycles. The summed E-state index contributed by atoms with van der Waals surface area (Å²) in [5, 5.41) is 9.43. The van der Waals surface area contributed by atoms with Crippen molar-refractivity contribution in [2.45, 2.75) is 26.8 Å². The molecule has 4 aromatic rings. The van der Waals surface area contributed by atoms with Gasteiger partial charge in [0.05, 0.1) is 12.8 Å². The lowest BCUT2D eigenvalue weighted by molar-refractivity contribution is 0.0697. The summed E-state index contributed by atoms with van der Waals surface area (Å²) in [4.78, 5) is 14.8. The monoisotopic (exact) mass is 399 g/mol. The van der Waals surface area contributed by atoms with Crippen molar-refractivity contribution < 1.29 is 18.0 Å².